The second-order valence-corrected chi connectivity index (χ2v) is 4.49. The number of likely N-dealkylation sites (tertiary alicyclic amines) is 1. The molecule has 0 radical (unpaired) electrons. The van der Waals surface area contributed by atoms with Crippen LogP contribution in [-0.4, -0.2) is 17.4 Å². The highest BCUT2D eigenvalue weighted by Crippen LogP contribution is 2.34. The molecule has 5 heteroatoms. The Balaban J connectivity index is 2.22. The van der Waals surface area contributed by atoms with Crippen LogP contribution in [-0.2, 0) is 11.0 Å². The number of rotatable bonds is 1. The number of halogens is 3. The molecule has 98 valence electrons. The third-order valence-electron chi connectivity index (χ3n) is 3.28. The van der Waals surface area contributed by atoms with Gasteiger partial charge >= 0.3 is 6.18 Å². The van der Waals surface area contributed by atoms with Gasteiger partial charge in [-0.1, -0.05) is 12.1 Å². The minimum Gasteiger partial charge on any atom is -0.336 e. The topological polar surface area (TPSA) is 20.3 Å². The van der Waals surface area contributed by atoms with Gasteiger partial charge in [0.05, 0.1) is 11.6 Å². The van der Waals surface area contributed by atoms with Crippen LogP contribution in [0.5, 0.6) is 0 Å². The molecule has 0 bridgehead atoms. The lowest BCUT2D eigenvalue weighted by molar-refractivity contribution is -0.137. The first-order chi connectivity index (χ1) is 8.39. The molecule has 1 aromatic rings. The number of hydrogen-bond donors (Lipinski definition) is 0. The van der Waals surface area contributed by atoms with Gasteiger partial charge in [-0.3, -0.25) is 4.79 Å². The van der Waals surface area contributed by atoms with Gasteiger partial charge in [-0.05, 0) is 30.5 Å². The Labute approximate surface area is 103 Å². The molecule has 1 fully saturated rings. The van der Waals surface area contributed by atoms with Crippen molar-refractivity contribution in [3.05, 3.63) is 35.4 Å². The molecule has 0 spiro atoms. The number of alkyl halides is 3. The highest BCUT2D eigenvalue weighted by Gasteiger charge is 2.32. The zero-order chi connectivity index (χ0) is 13.3. The molecule has 1 saturated heterocycles. The van der Waals surface area contributed by atoms with Crippen molar-refractivity contribution < 1.29 is 18.0 Å². The summed E-state index contributed by atoms with van der Waals surface area (Å²) in [6, 6.07) is 5.01. The molecular formula is C13H14F3NO. The van der Waals surface area contributed by atoms with Gasteiger partial charge in [0.15, 0.2) is 0 Å². The van der Waals surface area contributed by atoms with Gasteiger partial charge < -0.3 is 4.90 Å². The lowest BCUT2D eigenvalue weighted by atomic mass is 10.0. The van der Waals surface area contributed by atoms with Crippen LogP contribution in [0, 0.1) is 0 Å². The van der Waals surface area contributed by atoms with Crippen LogP contribution in [0.1, 0.15) is 36.9 Å². The van der Waals surface area contributed by atoms with Crippen molar-refractivity contribution in [2.24, 2.45) is 0 Å². The highest BCUT2D eigenvalue weighted by atomic mass is 19.4. The molecule has 1 aliphatic rings. The summed E-state index contributed by atoms with van der Waals surface area (Å²) < 4.78 is 37.3. The fraction of sp³-hybridized carbons (Fsp3) is 0.462. The lowest BCUT2D eigenvalue weighted by Gasteiger charge is -2.23. The molecule has 1 aliphatic heterocycles. The van der Waals surface area contributed by atoms with E-state index in [9.17, 15) is 18.0 Å². The number of carbonyl (C=O) groups is 1. The summed E-state index contributed by atoms with van der Waals surface area (Å²) in [6.45, 7) is 2.17. The van der Waals surface area contributed by atoms with E-state index in [-0.39, 0.29) is 11.9 Å². The minimum atomic E-state index is -4.31. The summed E-state index contributed by atoms with van der Waals surface area (Å²) in [5, 5.41) is 0. The molecule has 0 saturated carbocycles. The summed E-state index contributed by atoms with van der Waals surface area (Å²) in [7, 11) is 0. The summed E-state index contributed by atoms with van der Waals surface area (Å²) in [6.07, 6.45) is -2.61. The van der Waals surface area contributed by atoms with Gasteiger partial charge in [0.1, 0.15) is 0 Å². The van der Waals surface area contributed by atoms with Crippen LogP contribution in [0.15, 0.2) is 24.3 Å². The van der Waals surface area contributed by atoms with Gasteiger partial charge in [0.2, 0.25) is 5.91 Å². The van der Waals surface area contributed by atoms with Crippen LogP contribution in [0.25, 0.3) is 0 Å². The second-order valence-electron chi connectivity index (χ2n) is 4.49. The number of hydrogen-bond acceptors (Lipinski definition) is 1. The molecule has 1 amide bonds. The van der Waals surface area contributed by atoms with Crippen LogP contribution in [0.4, 0.5) is 13.2 Å². The molecule has 1 heterocycles. The first kappa shape index (κ1) is 12.9. The Morgan fingerprint density at radius 3 is 2.39 bits per heavy atom. The largest absolute Gasteiger partial charge is 0.416 e. The maximum atomic E-state index is 12.4. The lowest BCUT2D eigenvalue weighted by Crippen LogP contribution is -2.28. The van der Waals surface area contributed by atoms with E-state index in [2.05, 4.69) is 0 Å². The molecule has 2 rings (SSSR count). The van der Waals surface area contributed by atoms with Crippen molar-refractivity contribution in [3.63, 3.8) is 0 Å². The van der Waals surface area contributed by atoms with Crippen molar-refractivity contribution in [2.45, 2.75) is 32.0 Å². The van der Waals surface area contributed by atoms with E-state index in [1.807, 2.05) is 0 Å². The van der Waals surface area contributed by atoms with Gasteiger partial charge in [0, 0.05) is 13.5 Å². The molecular weight excluding hydrogens is 243 g/mol. The first-order valence-corrected chi connectivity index (χ1v) is 5.84. The van der Waals surface area contributed by atoms with E-state index < -0.39 is 11.7 Å². The maximum Gasteiger partial charge on any atom is 0.416 e. The fourth-order valence-corrected chi connectivity index (χ4v) is 2.38. The van der Waals surface area contributed by atoms with E-state index in [0.29, 0.717) is 6.54 Å². The first-order valence-electron chi connectivity index (χ1n) is 5.84. The monoisotopic (exact) mass is 257 g/mol. The number of carbonyl (C=O) groups excluding carboxylic acids is 1. The van der Waals surface area contributed by atoms with E-state index in [0.717, 1.165) is 30.5 Å². The Morgan fingerprint density at radius 1 is 1.28 bits per heavy atom. The SMILES string of the molecule is CC(=O)N1CCCC1c1ccc(C(F)(F)F)cc1. The quantitative estimate of drug-likeness (QED) is 0.755. The molecule has 0 aromatic heterocycles. The van der Waals surface area contributed by atoms with Crippen LogP contribution in [0.3, 0.4) is 0 Å². The van der Waals surface area contributed by atoms with Crippen LogP contribution >= 0.6 is 0 Å². The normalized spacial score (nSPS) is 20.2. The third kappa shape index (κ3) is 2.49. The summed E-state index contributed by atoms with van der Waals surface area (Å²) in [5.41, 5.74) is 0.120. The molecule has 1 atom stereocenters. The number of amides is 1. The zero-order valence-corrected chi connectivity index (χ0v) is 10.00. The van der Waals surface area contributed by atoms with Crippen molar-refractivity contribution in [3.8, 4) is 0 Å². The van der Waals surface area contributed by atoms with Crippen molar-refractivity contribution >= 4 is 5.91 Å². The van der Waals surface area contributed by atoms with E-state index in [1.54, 1.807) is 4.90 Å². The molecule has 2 nitrogen and oxygen atoms in total. The smallest absolute Gasteiger partial charge is 0.336 e. The molecule has 0 aliphatic carbocycles. The molecule has 0 N–H and O–H groups in total. The summed E-state index contributed by atoms with van der Waals surface area (Å²) >= 11 is 0. The van der Waals surface area contributed by atoms with E-state index in [1.165, 1.54) is 19.1 Å². The van der Waals surface area contributed by atoms with Gasteiger partial charge in [0.25, 0.3) is 0 Å². The zero-order valence-electron chi connectivity index (χ0n) is 10.00. The molecule has 1 unspecified atom stereocenters. The van der Waals surface area contributed by atoms with Crippen LogP contribution in [0.2, 0.25) is 0 Å². The summed E-state index contributed by atoms with van der Waals surface area (Å²) in [5.74, 6) is -0.0302. The summed E-state index contributed by atoms with van der Waals surface area (Å²) in [4.78, 5) is 13.1. The standard InChI is InChI=1S/C13H14F3NO/c1-9(18)17-8-2-3-12(17)10-4-6-11(7-5-10)13(14,15)16/h4-7,12H,2-3,8H2,1H3. The van der Waals surface area contributed by atoms with Gasteiger partial charge in [-0.25, -0.2) is 0 Å². The van der Waals surface area contributed by atoms with Crippen molar-refractivity contribution in [1.29, 1.82) is 0 Å². The van der Waals surface area contributed by atoms with E-state index in [4.69, 9.17) is 0 Å². The van der Waals surface area contributed by atoms with Gasteiger partial charge in [-0.2, -0.15) is 13.2 Å². The van der Waals surface area contributed by atoms with Gasteiger partial charge in [-0.15, -0.1) is 0 Å². The Bertz CT molecular complexity index is 439. The Kier molecular flexibility index (Phi) is 3.32. The Hall–Kier alpha value is -1.52. The number of benzene rings is 1. The maximum absolute atomic E-state index is 12.4. The average Bonchev–Trinajstić information content (AvgIpc) is 2.77. The Morgan fingerprint density at radius 2 is 1.89 bits per heavy atom. The third-order valence-corrected chi connectivity index (χ3v) is 3.28. The number of nitrogens with zero attached hydrogens (tertiary/aromatic N) is 1. The average molecular weight is 257 g/mol. The van der Waals surface area contributed by atoms with Crippen molar-refractivity contribution in [1.82, 2.24) is 4.90 Å². The second kappa shape index (κ2) is 4.63. The minimum absolute atomic E-state index is 0.0302. The highest BCUT2D eigenvalue weighted by molar-refractivity contribution is 5.74. The predicted octanol–water partition coefficient (Wildman–Crippen LogP) is 3.39. The fourth-order valence-electron chi connectivity index (χ4n) is 2.38. The van der Waals surface area contributed by atoms with Crippen LogP contribution < -0.4 is 0 Å². The van der Waals surface area contributed by atoms with E-state index >= 15 is 0 Å². The van der Waals surface area contributed by atoms with Crippen molar-refractivity contribution in [2.75, 3.05) is 6.54 Å². The molecule has 18 heavy (non-hydrogen) atoms. The molecule has 1 aromatic carbocycles. The predicted molar refractivity (Wildman–Crippen MR) is 60.8 cm³/mol.